The lowest BCUT2D eigenvalue weighted by atomic mass is 10.2. The molecule has 0 radical (unpaired) electrons. The van der Waals surface area contributed by atoms with Crippen LogP contribution in [0.1, 0.15) is 19.4 Å². The minimum Gasteiger partial charge on any atom is -0.392 e. The molecule has 0 aliphatic heterocycles. The highest BCUT2D eigenvalue weighted by Gasteiger charge is 2.04. The summed E-state index contributed by atoms with van der Waals surface area (Å²) in [5.41, 5.74) is 0.908. The molecule has 0 unspecified atom stereocenters. The van der Waals surface area contributed by atoms with Crippen molar-refractivity contribution in [3.05, 3.63) is 23.9 Å². The van der Waals surface area contributed by atoms with E-state index in [1.165, 1.54) is 0 Å². The molecule has 0 bridgehead atoms. The van der Waals surface area contributed by atoms with Gasteiger partial charge in [-0.1, -0.05) is 13.8 Å². The van der Waals surface area contributed by atoms with Gasteiger partial charge in [-0.25, -0.2) is 4.98 Å². The Morgan fingerprint density at radius 3 is 2.79 bits per heavy atom. The molecule has 1 rings (SSSR count). The molecule has 0 fully saturated rings. The van der Waals surface area contributed by atoms with Gasteiger partial charge in [-0.05, 0) is 23.6 Å². The van der Waals surface area contributed by atoms with E-state index in [1.54, 1.807) is 6.20 Å². The number of aliphatic hydroxyl groups is 1. The van der Waals surface area contributed by atoms with Gasteiger partial charge in [0.05, 0.1) is 6.61 Å². The van der Waals surface area contributed by atoms with E-state index >= 15 is 0 Å². The second-order valence-electron chi connectivity index (χ2n) is 3.95. The van der Waals surface area contributed by atoms with E-state index in [9.17, 15) is 0 Å². The van der Waals surface area contributed by atoms with Crippen molar-refractivity contribution in [3.63, 3.8) is 0 Å². The standard InChI is InChI=1S/C11H18N2O/c1-9(2)7-13(3)11-6-10(8-14)4-5-12-11/h4-6,9,14H,7-8H2,1-3H3. The largest absolute Gasteiger partial charge is 0.392 e. The first-order valence-electron chi connectivity index (χ1n) is 4.90. The van der Waals surface area contributed by atoms with Crippen LogP contribution in [0.4, 0.5) is 5.82 Å². The van der Waals surface area contributed by atoms with Crippen molar-refractivity contribution in [2.75, 3.05) is 18.5 Å². The topological polar surface area (TPSA) is 36.4 Å². The van der Waals surface area contributed by atoms with Crippen LogP contribution in [0, 0.1) is 5.92 Å². The van der Waals surface area contributed by atoms with Crippen molar-refractivity contribution in [1.82, 2.24) is 4.98 Å². The van der Waals surface area contributed by atoms with Gasteiger partial charge in [-0.15, -0.1) is 0 Å². The van der Waals surface area contributed by atoms with E-state index in [0.29, 0.717) is 5.92 Å². The van der Waals surface area contributed by atoms with E-state index in [0.717, 1.165) is 17.9 Å². The molecule has 1 aromatic heterocycles. The molecule has 78 valence electrons. The van der Waals surface area contributed by atoms with Crippen molar-refractivity contribution in [2.45, 2.75) is 20.5 Å². The number of rotatable bonds is 4. The smallest absolute Gasteiger partial charge is 0.128 e. The van der Waals surface area contributed by atoms with Crippen molar-refractivity contribution in [2.24, 2.45) is 5.92 Å². The van der Waals surface area contributed by atoms with Gasteiger partial charge < -0.3 is 10.0 Å². The van der Waals surface area contributed by atoms with Crippen LogP contribution in [-0.2, 0) is 6.61 Å². The summed E-state index contributed by atoms with van der Waals surface area (Å²) in [5, 5.41) is 8.98. The number of pyridine rings is 1. The summed E-state index contributed by atoms with van der Waals surface area (Å²) < 4.78 is 0. The molecule has 1 heterocycles. The monoisotopic (exact) mass is 194 g/mol. The van der Waals surface area contributed by atoms with Crippen molar-refractivity contribution in [3.8, 4) is 0 Å². The fourth-order valence-corrected chi connectivity index (χ4v) is 1.41. The highest BCUT2D eigenvalue weighted by Crippen LogP contribution is 2.12. The van der Waals surface area contributed by atoms with Crippen LogP contribution in [0.3, 0.4) is 0 Å². The van der Waals surface area contributed by atoms with Crippen LogP contribution in [-0.4, -0.2) is 23.7 Å². The third-order valence-corrected chi connectivity index (χ3v) is 2.02. The van der Waals surface area contributed by atoms with Gasteiger partial charge in [0.15, 0.2) is 0 Å². The Morgan fingerprint density at radius 1 is 1.50 bits per heavy atom. The Labute approximate surface area is 85.4 Å². The Kier molecular flexibility index (Phi) is 3.89. The number of anilines is 1. The molecule has 3 heteroatoms. The molecule has 0 saturated heterocycles. The number of aromatic nitrogens is 1. The summed E-state index contributed by atoms with van der Waals surface area (Å²) in [6.45, 7) is 5.39. The average molecular weight is 194 g/mol. The Morgan fingerprint density at radius 2 is 2.21 bits per heavy atom. The van der Waals surface area contributed by atoms with Gasteiger partial charge in [-0.2, -0.15) is 0 Å². The maximum atomic E-state index is 8.98. The zero-order valence-electron chi connectivity index (χ0n) is 9.07. The molecule has 0 aliphatic carbocycles. The predicted molar refractivity (Wildman–Crippen MR) is 58.3 cm³/mol. The lowest BCUT2D eigenvalue weighted by molar-refractivity contribution is 0.281. The first kappa shape index (κ1) is 11.0. The summed E-state index contributed by atoms with van der Waals surface area (Å²) in [4.78, 5) is 6.36. The van der Waals surface area contributed by atoms with Crippen LogP contribution in [0.2, 0.25) is 0 Å². The quantitative estimate of drug-likeness (QED) is 0.792. The van der Waals surface area contributed by atoms with E-state index in [-0.39, 0.29) is 6.61 Å². The van der Waals surface area contributed by atoms with Crippen molar-refractivity contribution < 1.29 is 5.11 Å². The zero-order chi connectivity index (χ0) is 10.6. The SMILES string of the molecule is CC(C)CN(C)c1cc(CO)ccn1. The Hall–Kier alpha value is -1.09. The average Bonchev–Trinajstić information content (AvgIpc) is 2.17. The Bertz CT molecular complexity index is 286. The molecule has 0 spiro atoms. The lowest BCUT2D eigenvalue weighted by Crippen LogP contribution is -2.23. The second-order valence-corrected chi connectivity index (χ2v) is 3.95. The summed E-state index contributed by atoms with van der Waals surface area (Å²) in [5.74, 6) is 1.53. The fourth-order valence-electron chi connectivity index (χ4n) is 1.41. The molecule has 0 aliphatic rings. The van der Waals surface area contributed by atoms with E-state index in [1.807, 2.05) is 19.2 Å². The molecule has 0 atom stereocenters. The summed E-state index contributed by atoms with van der Waals surface area (Å²) in [6, 6.07) is 3.75. The number of aliphatic hydroxyl groups excluding tert-OH is 1. The van der Waals surface area contributed by atoms with Gasteiger partial charge in [-0.3, -0.25) is 0 Å². The molecule has 0 saturated carbocycles. The molecule has 0 aromatic carbocycles. The first-order chi connectivity index (χ1) is 6.63. The van der Waals surface area contributed by atoms with Crippen LogP contribution in [0.25, 0.3) is 0 Å². The lowest BCUT2D eigenvalue weighted by Gasteiger charge is -2.20. The van der Waals surface area contributed by atoms with Crippen molar-refractivity contribution >= 4 is 5.82 Å². The maximum absolute atomic E-state index is 8.98. The molecule has 1 aromatic rings. The number of hydrogen-bond donors (Lipinski definition) is 1. The van der Waals surface area contributed by atoms with Gasteiger partial charge in [0.1, 0.15) is 5.82 Å². The zero-order valence-corrected chi connectivity index (χ0v) is 9.07. The van der Waals surface area contributed by atoms with Gasteiger partial charge in [0.25, 0.3) is 0 Å². The molecular weight excluding hydrogens is 176 g/mol. The number of hydrogen-bond acceptors (Lipinski definition) is 3. The van der Waals surface area contributed by atoms with E-state index in [2.05, 4.69) is 23.7 Å². The molecule has 1 N–H and O–H groups in total. The predicted octanol–water partition coefficient (Wildman–Crippen LogP) is 1.67. The third kappa shape index (κ3) is 3.00. The van der Waals surface area contributed by atoms with Gasteiger partial charge >= 0.3 is 0 Å². The third-order valence-electron chi connectivity index (χ3n) is 2.02. The van der Waals surface area contributed by atoms with Crippen molar-refractivity contribution in [1.29, 1.82) is 0 Å². The highest BCUT2D eigenvalue weighted by atomic mass is 16.3. The normalized spacial score (nSPS) is 10.6. The molecular formula is C11H18N2O. The maximum Gasteiger partial charge on any atom is 0.128 e. The molecule has 14 heavy (non-hydrogen) atoms. The summed E-state index contributed by atoms with van der Waals surface area (Å²) >= 11 is 0. The minimum atomic E-state index is 0.0744. The number of nitrogens with zero attached hydrogens (tertiary/aromatic N) is 2. The fraction of sp³-hybridized carbons (Fsp3) is 0.545. The first-order valence-corrected chi connectivity index (χ1v) is 4.90. The van der Waals surface area contributed by atoms with E-state index in [4.69, 9.17) is 5.11 Å². The van der Waals surface area contributed by atoms with Crippen LogP contribution in [0.15, 0.2) is 18.3 Å². The highest BCUT2D eigenvalue weighted by molar-refractivity contribution is 5.39. The van der Waals surface area contributed by atoms with Crippen LogP contribution >= 0.6 is 0 Å². The van der Waals surface area contributed by atoms with Gasteiger partial charge in [0, 0.05) is 19.8 Å². The van der Waals surface area contributed by atoms with E-state index < -0.39 is 0 Å². The summed E-state index contributed by atoms with van der Waals surface area (Å²) in [6.07, 6.45) is 1.73. The van der Waals surface area contributed by atoms with Gasteiger partial charge in [0.2, 0.25) is 0 Å². The minimum absolute atomic E-state index is 0.0744. The van der Waals surface area contributed by atoms with Crippen LogP contribution in [0.5, 0.6) is 0 Å². The molecule has 0 amide bonds. The van der Waals surface area contributed by atoms with Crippen LogP contribution < -0.4 is 4.90 Å². The Balaban J connectivity index is 2.73. The molecule has 3 nitrogen and oxygen atoms in total. The second kappa shape index (κ2) is 4.96. The summed E-state index contributed by atoms with van der Waals surface area (Å²) in [7, 11) is 2.02.